The van der Waals surface area contributed by atoms with E-state index < -0.39 is 93.9 Å². The molecule has 2 aliphatic heterocycles. The number of imidazole rings is 1. The number of carbonyl (C=O) groups excluding carboxylic acids is 4. The van der Waals surface area contributed by atoms with Gasteiger partial charge in [-0.15, -0.1) is 6.58 Å². The van der Waals surface area contributed by atoms with E-state index in [-0.39, 0.29) is 29.8 Å². The van der Waals surface area contributed by atoms with Crippen molar-refractivity contribution in [1.82, 2.24) is 9.97 Å². The van der Waals surface area contributed by atoms with Gasteiger partial charge in [0.1, 0.15) is 30.7 Å². The second kappa shape index (κ2) is 18.4. The van der Waals surface area contributed by atoms with Crippen LogP contribution < -0.4 is 0 Å². The van der Waals surface area contributed by atoms with Crippen LogP contribution in [0, 0.1) is 0 Å². The number of H-pyrrole nitrogens is 1. The molecule has 2 aliphatic rings. The maximum Gasteiger partial charge on any atom is 0.303 e. The zero-order valence-corrected chi connectivity index (χ0v) is 31.7. The molecular weight excluding hydrogens is 672 g/mol. The summed E-state index contributed by atoms with van der Waals surface area (Å²) in [7, 11) is -2.67. The van der Waals surface area contributed by atoms with Gasteiger partial charge in [-0.1, -0.05) is 47.6 Å². The molecule has 50 heavy (non-hydrogen) atoms. The molecule has 15 nitrogen and oxygen atoms in total. The van der Waals surface area contributed by atoms with E-state index in [9.17, 15) is 19.2 Å². The molecular formula is C34H54N2O13Si. The molecule has 0 radical (unpaired) electrons. The summed E-state index contributed by atoms with van der Waals surface area (Å²) in [5, 5.41) is 0. The van der Waals surface area contributed by atoms with Crippen molar-refractivity contribution in [2.75, 3.05) is 19.8 Å². The fourth-order valence-electron chi connectivity index (χ4n) is 7.18. The first kappa shape index (κ1) is 41.3. The average Bonchev–Trinajstić information content (AvgIpc) is 3.55. The molecule has 3 heterocycles. The van der Waals surface area contributed by atoms with E-state index in [1.165, 1.54) is 13.8 Å². The van der Waals surface area contributed by atoms with Crippen LogP contribution in [0.2, 0.25) is 16.6 Å². The largest absolute Gasteiger partial charge is 0.463 e. The van der Waals surface area contributed by atoms with Crippen LogP contribution >= 0.6 is 0 Å². The molecule has 282 valence electrons. The molecule has 0 spiro atoms. The zero-order valence-electron chi connectivity index (χ0n) is 30.7. The summed E-state index contributed by atoms with van der Waals surface area (Å²) in [4.78, 5) is 56.8. The summed E-state index contributed by atoms with van der Waals surface area (Å²) in [5.41, 5.74) is 0.494. The number of esters is 4. The predicted octanol–water partition coefficient (Wildman–Crippen LogP) is 4.08. The Kier molecular flexibility index (Phi) is 15.2. The van der Waals surface area contributed by atoms with Crippen LogP contribution in [0.25, 0.3) is 0 Å². The number of hydrogen-bond acceptors (Lipinski definition) is 14. The van der Waals surface area contributed by atoms with Crippen molar-refractivity contribution in [2.45, 2.75) is 141 Å². The van der Waals surface area contributed by atoms with Crippen LogP contribution in [0.5, 0.6) is 0 Å². The first-order valence-corrected chi connectivity index (χ1v) is 19.1. The highest BCUT2D eigenvalue weighted by Crippen LogP contribution is 2.46. The number of hydrogen-bond donors (Lipinski definition) is 1. The Bertz CT molecular complexity index is 1270. The maximum atomic E-state index is 12.6. The van der Waals surface area contributed by atoms with Gasteiger partial charge in [-0.25, -0.2) is 4.98 Å². The number of aromatic nitrogens is 2. The van der Waals surface area contributed by atoms with Crippen molar-refractivity contribution in [1.29, 1.82) is 0 Å². The SMILES string of the molecule is C=CCO[C@H]1OC[C@@H](c2ncc[nH]2)[C@@H](O[C@H]2O[C@H](COC(C)=O)[C@@H](OC(C)=O)[C@H](OC(C)=O)[C@H]2OC(C)=O)[C@@H]1O[Si](C(C)C)(C(C)C)C(C)C. The van der Waals surface area contributed by atoms with E-state index in [1.807, 2.05) is 0 Å². The van der Waals surface area contributed by atoms with Crippen molar-refractivity contribution < 1.29 is 61.5 Å². The van der Waals surface area contributed by atoms with Gasteiger partial charge in [-0.2, -0.15) is 0 Å². The highest BCUT2D eigenvalue weighted by Gasteiger charge is 2.57. The quantitative estimate of drug-likeness (QED) is 0.111. The third-order valence-electron chi connectivity index (χ3n) is 8.96. The molecule has 0 aromatic carbocycles. The van der Waals surface area contributed by atoms with Gasteiger partial charge in [0.25, 0.3) is 0 Å². The van der Waals surface area contributed by atoms with E-state index in [4.69, 9.17) is 42.3 Å². The Labute approximate surface area is 295 Å². The lowest BCUT2D eigenvalue weighted by Gasteiger charge is -2.51. The van der Waals surface area contributed by atoms with E-state index in [2.05, 4.69) is 58.1 Å². The van der Waals surface area contributed by atoms with Gasteiger partial charge in [-0.05, 0) is 16.6 Å². The van der Waals surface area contributed by atoms with E-state index in [0.717, 1.165) is 13.8 Å². The van der Waals surface area contributed by atoms with Gasteiger partial charge in [0.15, 0.2) is 30.9 Å². The molecule has 0 amide bonds. The molecule has 0 bridgehead atoms. The molecule has 3 rings (SSSR count). The second-order valence-corrected chi connectivity index (χ2v) is 18.9. The van der Waals surface area contributed by atoms with Gasteiger partial charge in [0, 0.05) is 40.1 Å². The third-order valence-corrected chi connectivity index (χ3v) is 15.1. The molecule has 0 saturated carbocycles. The number of rotatable bonds is 16. The summed E-state index contributed by atoms with van der Waals surface area (Å²) in [6, 6.07) is 0. The van der Waals surface area contributed by atoms with Gasteiger partial charge in [-0.3, -0.25) is 19.2 Å². The maximum absolute atomic E-state index is 12.6. The highest BCUT2D eigenvalue weighted by atomic mass is 28.4. The number of nitrogens with zero attached hydrogens (tertiary/aromatic N) is 1. The molecule has 1 N–H and O–H groups in total. The lowest BCUT2D eigenvalue weighted by atomic mass is 9.93. The predicted molar refractivity (Wildman–Crippen MR) is 180 cm³/mol. The number of ether oxygens (including phenoxy) is 8. The molecule has 2 saturated heterocycles. The number of carbonyl (C=O) groups is 4. The Hall–Kier alpha value is -3.15. The lowest BCUT2D eigenvalue weighted by Crippen LogP contribution is -2.65. The molecule has 16 heteroatoms. The smallest absolute Gasteiger partial charge is 0.303 e. The van der Waals surface area contributed by atoms with Crippen molar-refractivity contribution >= 4 is 32.2 Å². The van der Waals surface area contributed by atoms with Crippen LogP contribution in [0.15, 0.2) is 25.0 Å². The first-order valence-electron chi connectivity index (χ1n) is 17.0. The van der Waals surface area contributed by atoms with Crippen LogP contribution in [-0.2, 0) is 61.5 Å². The first-order chi connectivity index (χ1) is 23.5. The number of nitrogens with one attached hydrogen (secondary N) is 1. The van der Waals surface area contributed by atoms with Crippen LogP contribution in [0.1, 0.15) is 81.0 Å². The monoisotopic (exact) mass is 726 g/mol. The zero-order chi connectivity index (χ0) is 37.3. The minimum Gasteiger partial charge on any atom is -0.463 e. The highest BCUT2D eigenvalue weighted by molar-refractivity contribution is 6.77. The Morgan fingerprint density at radius 3 is 1.94 bits per heavy atom. The molecule has 0 unspecified atom stereocenters. The van der Waals surface area contributed by atoms with Gasteiger partial charge >= 0.3 is 23.9 Å². The van der Waals surface area contributed by atoms with Crippen LogP contribution in [-0.4, -0.2) is 111 Å². The average molecular weight is 727 g/mol. The Morgan fingerprint density at radius 2 is 1.44 bits per heavy atom. The van der Waals surface area contributed by atoms with Gasteiger partial charge < -0.3 is 47.3 Å². The fourth-order valence-corrected chi connectivity index (χ4v) is 12.7. The van der Waals surface area contributed by atoms with Crippen LogP contribution in [0.4, 0.5) is 0 Å². The minimum absolute atomic E-state index is 0.0880. The lowest BCUT2D eigenvalue weighted by molar-refractivity contribution is -0.339. The molecule has 9 atom stereocenters. The summed E-state index contributed by atoms with van der Waals surface area (Å²) >= 11 is 0. The van der Waals surface area contributed by atoms with Crippen molar-refractivity contribution in [3.05, 3.63) is 30.9 Å². The summed E-state index contributed by atoms with van der Waals surface area (Å²) in [6.45, 7) is 21.2. The van der Waals surface area contributed by atoms with Crippen molar-refractivity contribution in [2.24, 2.45) is 0 Å². The molecule has 1 aromatic rings. The molecule has 2 fully saturated rings. The minimum atomic E-state index is -2.67. The fraction of sp³-hybridized carbons (Fsp3) is 0.735. The van der Waals surface area contributed by atoms with E-state index >= 15 is 0 Å². The number of aromatic amines is 1. The van der Waals surface area contributed by atoms with E-state index in [1.54, 1.807) is 18.5 Å². The van der Waals surface area contributed by atoms with Gasteiger partial charge in [0.2, 0.25) is 8.32 Å². The third kappa shape index (κ3) is 10.0. The molecule has 0 aliphatic carbocycles. The van der Waals surface area contributed by atoms with Crippen LogP contribution in [0.3, 0.4) is 0 Å². The summed E-state index contributed by atoms with van der Waals surface area (Å²) < 4.78 is 55.2. The van der Waals surface area contributed by atoms with Crippen molar-refractivity contribution in [3.8, 4) is 0 Å². The summed E-state index contributed by atoms with van der Waals surface area (Å²) in [5.74, 6) is -2.92. The van der Waals surface area contributed by atoms with Crippen molar-refractivity contribution in [3.63, 3.8) is 0 Å². The second-order valence-electron chi connectivity index (χ2n) is 13.5. The Morgan fingerprint density at radius 1 is 0.860 bits per heavy atom. The molecule has 1 aromatic heterocycles. The summed E-state index contributed by atoms with van der Waals surface area (Å²) in [6.07, 6.45) is -4.69. The Balaban J connectivity index is 2.23. The topological polar surface area (TPSA) is 180 Å². The standard InChI is InChI=1S/C34H54N2O13Si/c1-12-15-41-33-31(49-50(18(2)3,19(4)5)20(6)7)27(25(16-43-33)32-35-13-14-36-32)48-34-30(46-24(11)40)29(45-23(10)39)28(44-22(9)38)26(47-34)17-42-21(8)37/h12-14,18-20,25-31,33-34H,1,15-17H2,2-11H3,(H,35,36)/t25-,26-,27-,28-,29+,30-,31+,33+,34-/m1/s1. The normalized spacial score (nSPS) is 28.7. The van der Waals surface area contributed by atoms with Gasteiger partial charge in [0.05, 0.1) is 19.1 Å². The van der Waals surface area contributed by atoms with E-state index in [0.29, 0.717) is 5.82 Å².